The Labute approximate surface area is 170 Å². The van der Waals surface area contributed by atoms with Crippen molar-refractivity contribution >= 4 is 23.3 Å². The van der Waals surface area contributed by atoms with Crippen molar-refractivity contribution in [2.24, 2.45) is 5.41 Å². The Hall–Kier alpha value is -0.270. The first-order chi connectivity index (χ1) is 11.9. The van der Waals surface area contributed by atoms with Gasteiger partial charge in [0.1, 0.15) is 5.69 Å². The highest BCUT2D eigenvalue weighted by molar-refractivity contribution is 6.99. The number of aromatic nitrogens is 2. The van der Waals surface area contributed by atoms with Gasteiger partial charge >= 0.3 is 0 Å². The van der Waals surface area contributed by atoms with Crippen LogP contribution in [0.3, 0.4) is 0 Å². The van der Waals surface area contributed by atoms with Crippen molar-refractivity contribution in [3.05, 3.63) is 10.8 Å². The number of rotatable bonds is 7. The van der Waals surface area contributed by atoms with E-state index in [1.54, 1.807) is 0 Å². The van der Waals surface area contributed by atoms with Crippen molar-refractivity contribution in [2.75, 3.05) is 13.2 Å². The molecule has 0 amide bonds. The zero-order chi connectivity index (χ0) is 20.8. The Balaban J connectivity index is 0. The zero-order valence-corrected chi connectivity index (χ0v) is 19.7. The van der Waals surface area contributed by atoms with Crippen LogP contribution in [0.5, 0.6) is 0 Å². The van der Waals surface area contributed by atoms with E-state index in [9.17, 15) is 5.11 Å². The number of β-amino-alcohol motifs (C(OH)–C–C–N with tert-alkyl or cyclic N) is 1. The van der Waals surface area contributed by atoms with E-state index in [-0.39, 0.29) is 5.54 Å². The lowest BCUT2D eigenvalue weighted by molar-refractivity contribution is 0.0695. The van der Waals surface area contributed by atoms with Crippen LogP contribution in [0.15, 0.2) is 0 Å². The molecule has 1 aromatic rings. The first-order valence-electron chi connectivity index (χ1n) is 9.42. The first kappa shape index (κ1) is 27.9. The Morgan fingerprint density at radius 3 is 2.08 bits per heavy atom. The summed E-state index contributed by atoms with van der Waals surface area (Å²) in [5, 5.41) is 13.4. The average Bonchev–Trinajstić information content (AvgIpc) is 2.96. The van der Waals surface area contributed by atoms with E-state index in [0.717, 1.165) is 11.7 Å². The maximum Gasteiger partial charge on any atom is 0.168 e. The fourth-order valence-corrected chi connectivity index (χ4v) is 1.89. The van der Waals surface area contributed by atoms with Gasteiger partial charge in [0.15, 0.2) is 5.15 Å². The van der Waals surface area contributed by atoms with Gasteiger partial charge in [-0.3, -0.25) is 0 Å². The molecule has 0 spiro atoms. The van der Waals surface area contributed by atoms with Crippen LogP contribution < -0.4 is 5.32 Å². The molecule has 1 heterocycles. The lowest BCUT2D eigenvalue weighted by Crippen LogP contribution is -2.41. The summed E-state index contributed by atoms with van der Waals surface area (Å²) >= 11 is 6.85. The third-order valence-electron chi connectivity index (χ3n) is 3.27. The molecule has 0 aliphatic rings. The molecule has 0 saturated carbocycles. The molecule has 5 nitrogen and oxygen atoms in total. The summed E-state index contributed by atoms with van der Waals surface area (Å²) in [7, 11) is 0. The fraction of sp³-hybridized carbons (Fsp3) is 0.895. The molecule has 0 aromatic carbocycles. The summed E-state index contributed by atoms with van der Waals surface area (Å²) < 4.78 is 13.2. The molecule has 0 saturated heterocycles. The Morgan fingerprint density at radius 2 is 1.69 bits per heavy atom. The molecule has 0 fully saturated rings. The van der Waals surface area contributed by atoms with Gasteiger partial charge in [-0.15, -0.1) is 0 Å². The lowest BCUT2D eigenvalue weighted by atomic mass is 9.94. The highest BCUT2D eigenvalue weighted by Crippen LogP contribution is 2.16. The number of nitrogens with zero attached hydrogens (tertiary/aromatic N) is 2. The average molecular weight is 410 g/mol. The smallest absolute Gasteiger partial charge is 0.168 e. The molecule has 7 heteroatoms. The second-order valence-corrected chi connectivity index (χ2v) is 8.93. The minimum atomic E-state index is -0.409. The van der Waals surface area contributed by atoms with Gasteiger partial charge in [-0.05, 0) is 32.6 Å². The lowest BCUT2D eigenvalue weighted by Gasteiger charge is -2.22. The molecular formula is C19H40ClN3O2S. The van der Waals surface area contributed by atoms with Gasteiger partial charge < -0.3 is 15.2 Å². The van der Waals surface area contributed by atoms with Crippen LogP contribution in [-0.2, 0) is 11.3 Å². The molecule has 0 aliphatic carbocycles. The van der Waals surface area contributed by atoms with Gasteiger partial charge in [0.25, 0.3) is 0 Å². The van der Waals surface area contributed by atoms with Gasteiger partial charge in [-0.1, -0.05) is 59.6 Å². The highest BCUT2D eigenvalue weighted by Gasteiger charge is 2.12. The summed E-state index contributed by atoms with van der Waals surface area (Å²) in [6.45, 7) is 20.5. The normalized spacial score (nSPS) is 12.6. The number of halogens is 1. The van der Waals surface area contributed by atoms with Crippen LogP contribution in [0.2, 0.25) is 5.15 Å². The largest absolute Gasteiger partial charge is 0.392 e. The zero-order valence-electron chi connectivity index (χ0n) is 18.1. The molecule has 2 N–H and O–H groups in total. The number of hydrogen-bond acceptors (Lipinski definition) is 6. The van der Waals surface area contributed by atoms with E-state index in [1.807, 2.05) is 13.8 Å². The number of aliphatic hydroxyl groups excluding tert-OH is 1. The summed E-state index contributed by atoms with van der Waals surface area (Å²) in [5.41, 5.74) is 1.21. The van der Waals surface area contributed by atoms with Crippen molar-refractivity contribution in [2.45, 2.75) is 93.4 Å². The van der Waals surface area contributed by atoms with Crippen LogP contribution in [-0.4, -0.2) is 38.6 Å². The summed E-state index contributed by atoms with van der Waals surface area (Å²) in [6.07, 6.45) is 1.44. The molecule has 1 aromatic heterocycles. The van der Waals surface area contributed by atoms with Crippen molar-refractivity contribution in [1.29, 1.82) is 0 Å². The summed E-state index contributed by atoms with van der Waals surface area (Å²) in [6, 6.07) is 0. The van der Waals surface area contributed by atoms with Crippen molar-refractivity contribution < 1.29 is 9.84 Å². The first-order valence-corrected chi connectivity index (χ1v) is 10.5. The molecule has 26 heavy (non-hydrogen) atoms. The Bertz CT molecular complexity index is 443. The topological polar surface area (TPSA) is 67.3 Å². The second-order valence-electron chi connectivity index (χ2n) is 8.04. The van der Waals surface area contributed by atoms with E-state index >= 15 is 0 Å². The summed E-state index contributed by atoms with van der Waals surface area (Å²) in [5.74, 6) is 0. The third-order valence-corrected chi connectivity index (χ3v) is 4.24. The second kappa shape index (κ2) is 14.7. The number of nitrogens with one attached hydrogen (secondary N) is 1. The summed E-state index contributed by atoms with van der Waals surface area (Å²) in [4.78, 5) is 0. The van der Waals surface area contributed by atoms with Crippen LogP contribution >= 0.6 is 23.3 Å². The maximum atomic E-state index is 9.73. The van der Waals surface area contributed by atoms with Crippen LogP contribution in [0.4, 0.5) is 0 Å². The minimum Gasteiger partial charge on any atom is -0.392 e. The monoisotopic (exact) mass is 409 g/mol. The molecule has 0 aliphatic heterocycles. The number of aliphatic hydroxyl groups is 1. The Morgan fingerprint density at radius 1 is 1.15 bits per heavy atom. The molecule has 1 rings (SSSR count). The predicted molar refractivity (Wildman–Crippen MR) is 114 cm³/mol. The molecule has 1 atom stereocenters. The quantitative estimate of drug-likeness (QED) is 0.596. The van der Waals surface area contributed by atoms with E-state index in [0.29, 0.717) is 42.4 Å². The van der Waals surface area contributed by atoms with Gasteiger partial charge in [-0.25, -0.2) is 0 Å². The molecule has 0 unspecified atom stereocenters. The molecule has 0 bridgehead atoms. The van der Waals surface area contributed by atoms with Gasteiger partial charge in [0, 0.05) is 18.7 Å². The number of hydrogen-bond donors (Lipinski definition) is 2. The van der Waals surface area contributed by atoms with Crippen molar-refractivity contribution in [3.8, 4) is 0 Å². The van der Waals surface area contributed by atoms with Gasteiger partial charge in [0.05, 0.1) is 24.4 Å². The third kappa shape index (κ3) is 18.5. The Kier molecular flexibility index (Phi) is 15.8. The molecule has 156 valence electrons. The number of ether oxygens (including phenoxy) is 1. The molecular weight excluding hydrogens is 370 g/mol. The fourth-order valence-electron chi connectivity index (χ4n) is 1.20. The van der Waals surface area contributed by atoms with Crippen LogP contribution in [0, 0.1) is 5.41 Å². The van der Waals surface area contributed by atoms with Crippen LogP contribution in [0.1, 0.15) is 80.8 Å². The van der Waals surface area contributed by atoms with Crippen molar-refractivity contribution in [3.63, 3.8) is 0 Å². The maximum absolute atomic E-state index is 9.73. The van der Waals surface area contributed by atoms with Crippen LogP contribution in [0.25, 0.3) is 0 Å². The highest BCUT2D eigenvalue weighted by atomic mass is 35.5. The predicted octanol–water partition coefficient (Wildman–Crippen LogP) is 5.32. The standard InChI is InChI=1S/C11H20ClN3O2S.C6H14.C2H6/c1-11(2,3)13-6-8(16)4-5-17-7-9-10(12)15-18-14-9;1-5-6(2,3)4;1-2/h8,13,16H,4-7H2,1-3H3;5H2,1-4H3;1-2H3/t8-;;/m1../s1. The minimum absolute atomic E-state index is 0.0155. The van der Waals surface area contributed by atoms with E-state index in [1.165, 1.54) is 6.42 Å². The van der Waals surface area contributed by atoms with E-state index in [4.69, 9.17) is 16.3 Å². The molecule has 0 radical (unpaired) electrons. The van der Waals surface area contributed by atoms with E-state index < -0.39 is 6.10 Å². The van der Waals surface area contributed by atoms with Gasteiger partial charge in [0.2, 0.25) is 0 Å². The SMILES string of the molecule is CC.CC(C)(C)NC[C@H](O)CCOCc1nsnc1Cl.CCC(C)(C)C. The van der Waals surface area contributed by atoms with E-state index in [2.05, 4.69) is 62.5 Å². The van der Waals surface area contributed by atoms with Gasteiger partial charge in [-0.2, -0.15) is 8.75 Å². The van der Waals surface area contributed by atoms with Crippen molar-refractivity contribution in [1.82, 2.24) is 14.1 Å².